The summed E-state index contributed by atoms with van der Waals surface area (Å²) < 4.78 is 1.63. The zero-order valence-corrected chi connectivity index (χ0v) is 6.62. The van der Waals surface area contributed by atoms with Crippen molar-refractivity contribution in [3.8, 4) is 5.88 Å². The van der Waals surface area contributed by atoms with Gasteiger partial charge in [0.1, 0.15) is 0 Å². The number of aromatic hydroxyl groups is 1. The number of rotatable bonds is 2. The maximum Gasteiger partial charge on any atom is 0.209 e. The highest BCUT2D eigenvalue weighted by molar-refractivity contribution is 5.21. The molecule has 1 fully saturated rings. The van der Waals surface area contributed by atoms with Crippen molar-refractivity contribution < 1.29 is 5.11 Å². The van der Waals surface area contributed by atoms with Gasteiger partial charge in [0.2, 0.25) is 5.88 Å². The average Bonchev–Trinajstić information content (AvgIpc) is 2.76. The van der Waals surface area contributed by atoms with Crippen LogP contribution in [0.3, 0.4) is 0 Å². The van der Waals surface area contributed by atoms with E-state index in [1.807, 2.05) is 6.92 Å². The minimum atomic E-state index is 0.300. The molecule has 3 heteroatoms. The summed E-state index contributed by atoms with van der Waals surface area (Å²) in [6.45, 7) is 2.72. The van der Waals surface area contributed by atoms with Gasteiger partial charge in [-0.25, -0.2) is 4.68 Å². The Morgan fingerprint density at radius 3 is 2.91 bits per heavy atom. The SMILES string of the molecule is CCn1nc(C2CC2)cc1O. The fourth-order valence-electron chi connectivity index (χ4n) is 1.24. The molecule has 0 aromatic carbocycles. The van der Waals surface area contributed by atoms with Crippen LogP contribution < -0.4 is 0 Å². The predicted molar refractivity (Wildman–Crippen MR) is 41.5 cm³/mol. The van der Waals surface area contributed by atoms with E-state index in [-0.39, 0.29) is 0 Å². The number of aryl methyl sites for hydroxylation is 1. The van der Waals surface area contributed by atoms with E-state index < -0.39 is 0 Å². The molecule has 1 aromatic rings. The normalized spacial score (nSPS) is 17.2. The van der Waals surface area contributed by atoms with Crippen LogP contribution in [0.15, 0.2) is 6.07 Å². The van der Waals surface area contributed by atoms with Crippen LogP contribution in [0.4, 0.5) is 0 Å². The van der Waals surface area contributed by atoms with Crippen molar-refractivity contribution in [2.75, 3.05) is 0 Å². The zero-order chi connectivity index (χ0) is 7.84. The van der Waals surface area contributed by atoms with Gasteiger partial charge in [-0.05, 0) is 19.8 Å². The molecular weight excluding hydrogens is 140 g/mol. The first-order valence-corrected chi connectivity index (χ1v) is 4.08. The third-order valence-corrected chi connectivity index (χ3v) is 2.07. The largest absolute Gasteiger partial charge is 0.493 e. The van der Waals surface area contributed by atoms with E-state index in [0.717, 1.165) is 12.2 Å². The van der Waals surface area contributed by atoms with E-state index in [1.165, 1.54) is 12.8 Å². The molecule has 1 aliphatic carbocycles. The van der Waals surface area contributed by atoms with Crippen molar-refractivity contribution in [1.29, 1.82) is 0 Å². The third-order valence-electron chi connectivity index (χ3n) is 2.07. The summed E-state index contributed by atoms with van der Waals surface area (Å²) in [7, 11) is 0. The van der Waals surface area contributed by atoms with E-state index in [1.54, 1.807) is 10.7 Å². The predicted octanol–water partition coefficient (Wildman–Crippen LogP) is 1.49. The second-order valence-corrected chi connectivity index (χ2v) is 3.02. The van der Waals surface area contributed by atoms with Crippen LogP contribution in [-0.2, 0) is 6.54 Å². The van der Waals surface area contributed by atoms with Gasteiger partial charge in [0, 0.05) is 18.5 Å². The smallest absolute Gasteiger partial charge is 0.209 e. The molecule has 2 rings (SSSR count). The van der Waals surface area contributed by atoms with Gasteiger partial charge < -0.3 is 5.11 Å². The lowest BCUT2D eigenvalue weighted by atomic mass is 10.3. The topological polar surface area (TPSA) is 38.0 Å². The van der Waals surface area contributed by atoms with Crippen LogP contribution in [0, 0.1) is 0 Å². The molecule has 1 heterocycles. The zero-order valence-electron chi connectivity index (χ0n) is 6.62. The highest BCUT2D eigenvalue weighted by Crippen LogP contribution is 2.40. The van der Waals surface area contributed by atoms with Crippen molar-refractivity contribution in [1.82, 2.24) is 9.78 Å². The molecule has 0 amide bonds. The van der Waals surface area contributed by atoms with E-state index in [9.17, 15) is 5.11 Å². The lowest BCUT2D eigenvalue weighted by molar-refractivity contribution is 0.405. The van der Waals surface area contributed by atoms with Gasteiger partial charge in [-0.3, -0.25) is 0 Å². The van der Waals surface area contributed by atoms with Crippen molar-refractivity contribution in [3.05, 3.63) is 11.8 Å². The molecular formula is C8H12N2O. The number of hydrogen-bond donors (Lipinski definition) is 1. The first kappa shape index (κ1) is 6.70. The second-order valence-electron chi connectivity index (χ2n) is 3.02. The van der Waals surface area contributed by atoms with Crippen LogP contribution in [0.1, 0.15) is 31.4 Å². The van der Waals surface area contributed by atoms with E-state index in [2.05, 4.69) is 5.10 Å². The van der Waals surface area contributed by atoms with E-state index in [0.29, 0.717) is 11.8 Å². The van der Waals surface area contributed by atoms with Gasteiger partial charge >= 0.3 is 0 Å². The molecule has 0 atom stereocenters. The minimum Gasteiger partial charge on any atom is -0.493 e. The van der Waals surface area contributed by atoms with Gasteiger partial charge in [-0.15, -0.1) is 0 Å². The third kappa shape index (κ3) is 1.11. The quantitative estimate of drug-likeness (QED) is 0.697. The van der Waals surface area contributed by atoms with Crippen LogP contribution in [-0.4, -0.2) is 14.9 Å². The molecule has 0 bridgehead atoms. The van der Waals surface area contributed by atoms with Crippen molar-refractivity contribution in [2.45, 2.75) is 32.2 Å². The highest BCUT2D eigenvalue weighted by atomic mass is 16.3. The monoisotopic (exact) mass is 152 g/mol. The number of hydrogen-bond acceptors (Lipinski definition) is 2. The Hall–Kier alpha value is -0.990. The molecule has 0 radical (unpaired) electrons. The summed E-state index contributed by atoms with van der Waals surface area (Å²) in [6, 6.07) is 1.78. The van der Waals surface area contributed by atoms with Crippen LogP contribution in [0.25, 0.3) is 0 Å². The van der Waals surface area contributed by atoms with Crippen molar-refractivity contribution >= 4 is 0 Å². The van der Waals surface area contributed by atoms with Gasteiger partial charge in [0.05, 0.1) is 5.69 Å². The average molecular weight is 152 g/mol. The first-order chi connectivity index (χ1) is 5.31. The van der Waals surface area contributed by atoms with Gasteiger partial charge in [-0.2, -0.15) is 5.10 Å². The molecule has 0 unspecified atom stereocenters. The fraction of sp³-hybridized carbons (Fsp3) is 0.625. The molecule has 1 saturated carbocycles. The van der Waals surface area contributed by atoms with Crippen LogP contribution in [0.2, 0.25) is 0 Å². The molecule has 3 nitrogen and oxygen atoms in total. The number of aromatic nitrogens is 2. The Morgan fingerprint density at radius 1 is 1.73 bits per heavy atom. The van der Waals surface area contributed by atoms with E-state index in [4.69, 9.17) is 0 Å². The van der Waals surface area contributed by atoms with Crippen LogP contribution in [0.5, 0.6) is 5.88 Å². The molecule has 0 aliphatic heterocycles. The molecule has 11 heavy (non-hydrogen) atoms. The Balaban J connectivity index is 2.28. The Bertz CT molecular complexity index is 263. The molecule has 0 spiro atoms. The molecule has 60 valence electrons. The van der Waals surface area contributed by atoms with E-state index >= 15 is 0 Å². The Morgan fingerprint density at radius 2 is 2.45 bits per heavy atom. The lowest BCUT2D eigenvalue weighted by Crippen LogP contribution is -1.95. The summed E-state index contributed by atoms with van der Waals surface area (Å²) >= 11 is 0. The minimum absolute atomic E-state index is 0.300. The Labute approximate surface area is 65.7 Å². The van der Waals surface area contributed by atoms with Crippen LogP contribution >= 0.6 is 0 Å². The lowest BCUT2D eigenvalue weighted by Gasteiger charge is -1.94. The molecule has 0 saturated heterocycles. The fourth-order valence-corrected chi connectivity index (χ4v) is 1.24. The van der Waals surface area contributed by atoms with Gasteiger partial charge in [-0.1, -0.05) is 0 Å². The van der Waals surface area contributed by atoms with Crippen molar-refractivity contribution in [3.63, 3.8) is 0 Å². The maximum absolute atomic E-state index is 9.31. The summed E-state index contributed by atoms with van der Waals surface area (Å²) in [5.74, 6) is 0.933. The van der Waals surface area contributed by atoms with Gasteiger partial charge in [0.15, 0.2) is 0 Å². The Kier molecular flexibility index (Phi) is 1.37. The summed E-state index contributed by atoms with van der Waals surface area (Å²) in [6.07, 6.45) is 2.47. The second kappa shape index (κ2) is 2.26. The summed E-state index contributed by atoms with van der Waals surface area (Å²) in [4.78, 5) is 0. The number of nitrogens with zero attached hydrogens (tertiary/aromatic N) is 2. The maximum atomic E-state index is 9.31. The summed E-state index contributed by atoms with van der Waals surface area (Å²) in [5.41, 5.74) is 1.06. The van der Waals surface area contributed by atoms with Gasteiger partial charge in [0.25, 0.3) is 0 Å². The summed E-state index contributed by atoms with van der Waals surface area (Å²) in [5, 5.41) is 13.6. The standard InChI is InChI=1S/C8H12N2O/c1-2-10-8(11)5-7(9-10)6-3-4-6/h5-6,11H,2-4H2,1H3. The highest BCUT2D eigenvalue weighted by Gasteiger charge is 2.26. The molecule has 1 aromatic heterocycles. The van der Waals surface area contributed by atoms with Crippen molar-refractivity contribution in [2.24, 2.45) is 0 Å². The first-order valence-electron chi connectivity index (χ1n) is 4.08. The molecule has 1 aliphatic rings. The molecule has 1 N–H and O–H groups in total.